The number of benzene rings is 2. The summed E-state index contributed by atoms with van der Waals surface area (Å²) in [4.78, 5) is 18.9. The van der Waals surface area contributed by atoms with E-state index in [9.17, 15) is 9.90 Å². The van der Waals surface area contributed by atoms with Crippen molar-refractivity contribution in [2.75, 3.05) is 31.5 Å². The number of aromatic hydroxyl groups is 1. The van der Waals surface area contributed by atoms with Crippen LogP contribution in [0.15, 0.2) is 59.6 Å². The number of phenolic OH excluding ortho intramolecular Hbond substituents is 1. The first-order valence-corrected chi connectivity index (χ1v) is 9.98. The maximum atomic E-state index is 12.2. The van der Waals surface area contributed by atoms with Gasteiger partial charge in [-0.3, -0.25) is 4.79 Å². The first-order chi connectivity index (χ1) is 14.1. The Morgan fingerprint density at radius 3 is 2.48 bits per heavy atom. The van der Waals surface area contributed by atoms with Gasteiger partial charge in [-0.1, -0.05) is 18.2 Å². The van der Waals surface area contributed by atoms with E-state index >= 15 is 0 Å². The van der Waals surface area contributed by atoms with Gasteiger partial charge in [0.25, 0.3) is 0 Å². The van der Waals surface area contributed by atoms with Crippen LogP contribution in [-0.2, 0) is 4.79 Å². The molecule has 29 heavy (non-hydrogen) atoms. The Balaban J connectivity index is 1.51. The van der Waals surface area contributed by atoms with Crippen LogP contribution < -0.4 is 15.4 Å². The summed E-state index contributed by atoms with van der Waals surface area (Å²) in [5.74, 6) is 1.60. The van der Waals surface area contributed by atoms with Crippen LogP contribution in [0.3, 0.4) is 0 Å². The van der Waals surface area contributed by atoms with Crippen molar-refractivity contribution in [3.05, 3.63) is 54.6 Å². The number of para-hydroxylation sites is 1. The summed E-state index contributed by atoms with van der Waals surface area (Å²) in [7, 11) is 0. The number of guanidine groups is 1. The molecule has 0 bridgehead atoms. The first kappa shape index (κ1) is 20.5. The van der Waals surface area contributed by atoms with Gasteiger partial charge in [0.15, 0.2) is 5.96 Å². The molecule has 0 aliphatic carbocycles. The zero-order valence-electron chi connectivity index (χ0n) is 16.7. The molecule has 0 saturated carbocycles. The highest BCUT2D eigenvalue weighted by atomic mass is 16.5. The second-order valence-electron chi connectivity index (χ2n) is 6.88. The number of likely N-dealkylation sites (tertiary alicyclic amines) is 1. The number of phenols is 1. The van der Waals surface area contributed by atoms with Crippen molar-refractivity contribution in [2.24, 2.45) is 4.99 Å². The van der Waals surface area contributed by atoms with E-state index in [4.69, 9.17) is 4.74 Å². The molecule has 1 aliphatic heterocycles. The van der Waals surface area contributed by atoms with Crippen molar-refractivity contribution in [3.63, 3.8) is 0 Å². The van der Waals surface area contributed by atoms with Gasteiger partial charge in [0.1, 0.15) is 24.1 Å². The standard InChI is InChI=1S/C22H28N4O3/c1-2-23-22(24-16-21(28)25-17-8-10-18(27)11-9-17)26-14-12-20(13-15-26)29-19-6-4-3-5-7-19/h3-11,20,27H,2,12-16H2,1H3,(H,23,24)(H,25,28). The molecule has 1 heterocycles. The van der Waals surface area contributed by atoms with Gasteiger partial charge in [-0.2, -0.15) is 0 Å². The molecule has 3 N–H and O–H groups in total. The summed E-state index contributed by atoms with van der Waals surface area (Å²) in [5, 5.41) is 15.4. The molecule has 1 fully saturated rings. The molecule has 1 saturated heterocycles. The zero-order chi connectivity index (χ0) is 20.5. The Bertz CT molecular complexity index is 801. The van der Waals surface area contributed by atoms with Crippen LogP contribution in [-0.4, -0.2) is 54.2 Å². The molecule has 154 valence electrons. The molecule has 0 unspecified atom stereocenters. The van der Waals surface area contributed by atoms with Gasteiger partial charge < -0.3 is 25.4 Å². The zero-order valence-corrected chi connectivity index (χ0v) is 16.7. The molecule has 0 aromatic heterocycles. The van der Waals surface area contributed by atoms with Crippen LogP contribution in [0.5, 0.6) is 11.5 Å². The number of carbonyl (C=O) groups excluding carboxylic acids is 1. The minimum absolute atomic E-state index is 0.0314. The van der Waals surface area contributed by atoms with Crippen LogP contribution in [0.2, 0.25) is 0 Å². The van der Waals surface area contributed by atoms with Crippen molar-refractivity contribution < 1.29 is 14.6 Å². The highest BCUT2D eigenvalue weighted by Gasteiger charge is 2.22. The van der Waals surface area contributed by atoms with Crippen molar-refractivity contribution >= 4 is 17.6 Å². The topological polar surface area (TPSA) is 86.2 Å². The minimum atomic E-state index is -0.201. The Labute approximate surface area is 171 Å². The van der Waals surface area contributed by atoms with Crippen molar-refractivity contribution in [2.45, 2.75) is 25.9 Å². The highest BCUT2D eigenvalue weighted by Crippen LogP contribution is 2.19. The summed E-state index contributed by atoms with van der Waals surface area (Å²) in [6, 6.07) is 16.3. The van der Waals surface area contributed by atoms with E-state index in [0.717, 1.165) is 44.2 Å². The molecule has 0 spiro atoms. The van der Waals surface area contributed by atoms with Gasteiger partial charge in [-0.15, -0.1) is 0 Å². The van der Waals surface area contributed by atoms with E-state index < -0.39 is 0 Å². The summed E-state index contributed by atoms with van der Waals surface area (Å²) in [6.45, 7) is 4.42. The van der Waals surface area contributed by atoms with Gasteiger partial charge >= 0.3 is 0 Å². The molecule has 7 nitrogen and oxygen atoms in total. The molecule has 1 aliphatic rings. The average molecular weight is 396 g/mol. The largest absolute Gasteiger partial charge is 0.508 e. The second-order valence-corrected chi connectivity index (χ2v) is 6.88. The fourth-order valence-electron chi connectivity index (χ4n) is 3.19. The smallest absolute Gasteiger partial charge is 0.246 e. The molecule has 0 atom stereocenters. The quantitative estimate of drug-likeness (QED) is 0.397. The van der Waals surface area contributed by atoms with E-state index in [1.165, 1.54) is 12.1 Å². The Kier molecular flexibility index (Phi) is 7.33. The molecule has 0 radical (unpaired) electrons. The lowest BCUT2D eigenvalue weighted by molar-refractivity contribution is -0.114. The predicted molar refractivity (Wildman–Crippen MR) is 114 cm³/mol. The molecular weight excluding hydrogens is 368 g/mol. The van der Waals surface area contributed by atoms with Crippen LogP contribution in [0, 0.1) is 0 Å². The van der Waals surface area contributed by atoms with Crippen molar-refractivity contribution in [1.82, 2.24) is 10.2 Å². The SMILES string of the molecule is CCNC(=NCC(=O)Nc1ccc(O)cc1)N1CCC(Oc2ccccc2)CC1. The monoisotopic (exact) mass is 396 g/mol. The normalized spacial score (nSPS) is 15.1. The average Bonchev–Trinajstić information content (AvgIpc) is 2.74. The lowest BCUT2D eigenvalue weighted by atomic mass is 10.1. The van der Waals surface area contributed by atoms with E-state index in [1.807, 2.05) is 37.3 Å². The third-order valence-electron chi connectivity index (χ3n) is 4.65. The lowest BCUT2D eigenvalue weighted by Crippen LogP contribution is -2.47. The number of rotatable bonds is 6. The van der Waals surface area contributed by atoms with Gasteiger partial charge in [0, 0.05) is 38.2 Å². The molecular formula is C22H28N4O3. The highest BCUT2D eigenvalue weighted by molar-refractivity contribution is 5.94. The van der Waals surface area contributed by atoms with Crippen molar-refractivity contribution in [1.29, 1.82) is 0 Å². The number of amides is 1. The Hall–Kier alpha value is -3.22. The summed E-state index contributed by atoms with van der Waals surface area (Å²) in [5.41, 5.74) is 0.631. The first-order valence-electron chi connectivity index (χ1n) is 9.98. The maximum Gasteiger partial charge on any atom is 0.246 e. The van der Waals surface area contributed by atoms with Crippen molar-refractivity contribution in [3.8, 4) is 11.5 Å². The number of piperidine rings is 1. The number of hydrogen-bond donors (Lipinski definition) is 3. The summed E-state index contributed by atoms with van der Waals surface area (Å²) in [6.07, 6.45) is 1.99. The Morgan fingerprint density at radius 2 is 1.83 bits per heavy atom. The fraction of sp³-hybridized carbons (Fsp3) is 0.364. The molecule has 3 rings (SSSR count). The molecule has 2 aromatic rings. The number of nitrogens with one attached hydrogen (secondary N) is 2. The van der Waals surface area contributed by atoms with Gasteiger partial charge in [-0.05, 0) is 43.3 Å². The van der Waals surface area contributed by atoms with Gasteiger partial charge in [0.2, 0.25) is 5.91 Å². The predicted octanol–water partition coefficient (Wildman–Crippen LogP) is 2.84. The van der Waals surface area contributed by atoms with Gasteiger partial charge in [0.05, 0.1) is 0 Å². The van der Waals surface area contributed by atoms with Crippen LogP contribution in [0.25, 0.3) is 0 Å². The van der Waals surface area contributed by atoms with E-state index in [0.29, 0.717) is 5.69 Å². The van der Waals surface area contributed by atoms with E-state index in [2.05, 4.69) is 20.5 Å². The summed E-state index contributed by atoms with van der Waals surface area (Å²) < 4.78 is 6.05. The molecule has 7 heteroatoms. The number of nitrogens with zero attached hydrogens (tertiary/aromatic N) is 2. The van der Waals surface area contributed by atoms with Crippen LogP contribution >= 0.6 is 0 Å². The van der Waals surface area contributed by atoms with Gasteiger partial charge in [-0.25, -0.2) is 4.99 Å². The minimum Gasteiger partial charge on any atom is -0.508 e. The lowest BCUT2D eigenvalue weighted by Gasteiger charge is -2.34. The number of aliphatic imine (C=N–C) groups is 1. The molecule has 1 amide bonds. The van der Waals surface area contributed by atoms with Crippen LogP contribution in [0.1, 0.15) is 19.8 Å². The molecule has 2 aromatic carbocycles. The van der Waals surface area contributed by atoms with Crippen LogP contribution in [0.4, 0.5) is 5.69 Å². The van der Waals surface area contributed by atoms with E-state index in [-0.39, 0.29) is 24.3 Å². The second kappa shape index (κ2) is 10.4. The maximum absolute atomic E-state index is 12.2. The fourth-order valence-corrected chi connectivity index (χ4v) is 3.19. The third-order valence-corrected chi connectivity index (χ3v) is 4.65. The third kappa shape index (κ3) is 6.41. The Morgan fingerprint density at radius 1 is 1.14 bits per heavy atom. The number of ether oxygens (including phenoxy) is 1. The van der Waals surface area contributed by atoms with E-state index in [1.54, 1.807) is 12.1 Å². The number of carbonyl (C=O) groups is 1. The summed E-state index contributed by atoms with van der Waals surface area (Å²) >= 11 is 0. The number of anilines is 1. The number of hydrogen-bond acceptors (Lipinski definition) is 4.